The SMILES string of the molecule is CC[C@@H]1CN(C(C)(C)C)CC[C@@H]1O. The summed E-state index contributed by atoms with van der Waals surface area (Å²) >= 11 is 0. The summed E-state index contributed by atoms with van der Waals surface area (Å²) in [4.78, 5) is 2.48. The van der Waals surface area contributed by atoms with Crippen molar-refractivity contribution in [2.24, 2.45) is 5.92 Å². The van der Waals surface area contributed by atoms with Gasteiger partial charge in [0.05, 0.1) is 6.10 Å². The molecule has 0 saturated carbocycles. The van der Waals surface area contributed by atoms with Gasteiger partial charge < -0.3 is 5.11 Å². The number of likely N-dealkylation sites (tertiary alicyclic amines) is 1. The maximum atomic E-state index is 9.73. The zero-order valence-corrected chi connectivity index (χ0v) is 9.38. The van der Waals surface area contributed by atoms with E-state index in [4.69, 9.17) is 0 Å². The first-order chi connectivity index (χ1) is 5.95. The van der Waals surface area contributed by atoms with Gasteiger partial charge in [-0.3, -0.25) is 4.90 Å². The predicted octanol–water partition coefficient (Wildman–Crippen LogP) is 1.88. The maximum absolute atomic E-state index is 9.73. The van der Waals surface area contributed by atoms with Gasteiger partial charge in [-0.05, 0) is 39.5 Å². The molecule has 0 amide bonds. The van der Waals surface area contributed by atoms with E-state index >= 15 is 0 Å². The molecule has 0 aromatic rings. The van der Waals surface area contributed by atoms with Gasteiger partial charge in [0, 0.05) is 18.6 Å². The van der Waals surface area contributed by atoms with E-state index in [1.807, 2.05) is 0 Å². The predicted molar refractivity (Wildman–Crippen MR) is 55.7 cm³/mol. The van der Waals surface area contributed by atoms with E-state index < -0.39 is 0 Å². The van der Waals surface area contributed by atoms with Gasteiger partial charge in [0.2, 0.25) is 0 Å². The van der Waals surface area contributed by atoms with Crippen LogP contribution in [0.3, 0.4) is 0 Å². The molecule has 0 aromatic carbocycles. The Labute approximate surface area is 81.9 Å². The number of rotatable bonds is 1. The van der Waals surface area contributed by atoms with Crippen molar-refractivity contribution >= 4 is 0 Å². The number of aliphatic hydroxyl groups is 1. The average molecular weight is 185 g/mol. The second kappa shape index (κ2) is 3.97. The van der Waals surface area contributed by atoms with Crippen LogP contribution in [0.4, 0.5) is 0 Å². The summed E-state index contributed by atoms with van der Waals surface area (Å²) in [6.07, 6.45) is 1.97. The van der Waals surface area contributed by atoms with Crippen molar-refractivity contribution in [2.75, 3.05) is 13.1 Å². The molecule has 2 nitrogen and oxygen atoms in total. The van der Waals surface area contributed by atoms with E-state index in [0.717, 1.165) is 25.9 Å². The zero-order chi connectivity index (χ0) is 10.1. The lowest BCUT2D eigenvalue weighted by Crippen LogP contribution is -2.51. The molecule has 2 heteroatoms. The Balaban J connectivity index is 2.55. The van der Waals surface area contributed by atoms with Gasteiger partial charge in [0.1, 0.15) is 0 Å². The van der Waals surface area contributed by atoms with Crippen molar-refractivity contribution in [3.05, 3.63) is 0 Å². The van der Waals surface area contributed by atoms with Gasteiger partial charge in [0.25, 0.3) is 0 Å². The van der Waals surface area contributed by atoms with Crippen LogP contribution in [0.5, 0.6) is 0 Å². The summed E-state index contributed by atoms with van der Waals surface area (Å²) < 4.78 is 0. The molecule has 1 heterocycles. The highest BCUT2D eigenvalue weighted by atomic mass is 16.3. The van der Waals surface area contributed by atoms with Gasteiger partial charge in [-0.15, -0.1) is 0 Å². The maximum Gasteiger partial charge on any atom is 0.0592 e. The molecule has 0 bridgehead atoms. The molecular weight excluding hydrogens is 162 g/mol. The highest BCUT2D eigenvalue weighted by Crippen LogP contribution is 2.25. The van der Waals surface area contributed by atoms with Gasteiger partial charge in [-0.1, -0.05) is 6.92 Å². The first kappa shape index (κ1) is 11.0. The van der Waals surface area contributed by atoms with Crippen LogP contribution in [0.25, 0.3) is 0 Å². The molecule has 1 N–H and O–H groups in total. The van der Waals surface area contributed by atoms with Crippen molar-refractivity contribution in [3.8, 4) is 0 Å². The Morgan fingerprint density at radius 2 is 2.00 bits per heavy atom. The summed E-state index contributed by atoms with van der Waals surface area (Å²) in [5, 5.41) is 9.73. The summed E-state index contributed by atoms with van der Waals surface area (Å²) in [6, 6.07) is 0. The van der Waals surface area contributed by atoms with Crippen LogP contribution in [0.1, 0.15) is 40.5 Å². The van der Waals surface area contributed by atoms with Crippen LogP contribution in [-0.4, -0.2) is 34.7 Å². The summed E-state index contributed by atoms with van der Waals surface area (Å²) in [7, 11) is 0. The molecule has 78 valence electrons. The molecule has 13 heavy (non-hydrogen) atoms. The third-order valence-electron chi connectivity index (χ3n) is 3.17. The number of hydrogen-bond acceptors (Lipinski definition) is 2. The normalized spacial score (nSPS) is 32.1. The van der Waals surface area contributed by atoms with Gasteiger partial charge in [0.15, 0.2) is 0 Å². The molecule has 0 aliphatic carbocycles. The Hall–Kier alpha value is -0.0800. The molecule has 1 aliphatic heterocycles. The number of piperidine rings is 1. The van der Waals surface area contributed by atoms with Crippen molar-refractivity contribution in [2.45, 2.75) is 52.2 Å². The molecule has 1 aliphatic rings. The first-order valence-corrected chi connectivity index (χ1v) is 5.38. The van der Waals surface area contributed by atoms with Gasteiger partial charge >= 0.3 is 0 Å². The lowest BCUT2D eigenvalue weighted by molar-refractivity contribution is -0.00927. The van der Waals surface area contributed by atoms with Crippen LogP contribution in [0.15, 0.2) is 0 Å². The average Bonchev–Trinajstić information content (AvgIpc) is 2.03. The number of nitrogens with zero attached hydrogens (tertiary/aromatic N) is 1. The van der Waals surface area contributed by atoms with Crippen molar-refractivity contribution in [3.63, 3.8) is 0 Å². The second-order valence-corrected chi connectivity index (χ2v) is 5.14. The van der Waals surface area contributed by atoms with Crippen LogP contribution in [-0.2, 0) is 0 Å². The Morgan fingerprint density at radius 3 is 2.46 bits per heavy atom. The molecule has 1 fully saturated rings. The largest absolute Gasteiger partial charge is 0.393 e. The lowest BCUT2D eigenvalue weighted by Gasteiger charge is -2.43. The highest BCUT2D eigenvalue weighted by molar-refractivity contribution is 4.85. The Bertz CT molecular complexity index is 162. The van der Waals surface area contributed by atoms with E-state index in [1.165, 1.54) is 0 Å². The topological polar surface area (TPSA) is 23.5 Å². The molecule has 0 unspecified atom stereocenters. The fourth-order valence-corrected chi connectivity index (χ4v) is 2.03. The van der Waals surface area contributed by atoms with Crippen molar-refractivity contribution in [1.29, 1.82) is 0 Å². The molecule has 1 rings (SSSR count). The highest BCUT2D eigenvalue weighted by Gasteiger charge is 2.31. The molecule has 0 spiro atoms. The van der Waals surface area contributed by atoms with Gasteiger partial charge in [-0.25, -0.2) is 0 Å². The molecular formula is C11H23NO. The van der Waals surface area contributed by atoms with E-state index in [-0.39, 0.29) is 11.6 Å². The third-order valence-corrected chi connectivity index (χ3v) is 3.17. The van der Waals surface area contributed by atoms with Crippen molar-refractivity contribution in [1.82, 2.24) is 4.90 Å². The minimum absolute atomic E-state index is 0.0661. The standard InChI is InChI=1S/C11H23NO/c1-5-9-8-12(11(2,3)4)7-6-10(9)13/h9-10,13H,5-8H2,1-4H3/t9-,10+/m1/s1. The quantitative estimate of drug-likeness (QED) is 0.674. The Kier molecular flexibility index (Phi) is 3.36. The molecule has 0 radical (unpaired) electrons. The van der Waals surface area contributed by atoms with Crippen molar-refractivity contribution < 1.29 is 5.11 Å². The Morgan fingerprint density at radius 1 is 1.38 bits per heavy atom. The zero-order valence-electron chi connectivity index (χ0n) is 9.38. The van der Waals surface area contributed by atoms with E-state index in [1.54, 1.807) is 0 Å². The number of hydrogen-bond donors (Lipinski definition) is 1. The van der Waals surface area contributed by atoms with Crippen LogP contribution in [0.2, 0.25) is 0 Å². The minimum Gasteiger partial charge on any atom is -0.393 e. The van der Waals surface area contributed by atoms with E-state index in [9.17, 15) is 5.11 Å². The van der Waals surface area contributed by atoms with Gasteiger partial charge in [-0.2, -0.15) is 0 Å². The fraction of sp³-hybridized carbons (Fsp3) is 1.00. The van der Waals surface area contributed by atoms with E-state index in [2.05, 4.69) is 32.6 Å². The van der Waals surface area contributed by atoms with Crippen LogP contribution < -0.4 is 0 Å². The summed E-state index contributed by atoms with van der Waals surface area (Å²) in [6.45, 7) is 11.0. The smallest absolute Gasteiger partial charge is 0.0592 e. The molecule has 0 aromatic heterocycles. The van der Waals surface area contributed by atoms with Crippen LogP contribution >= 0.6 is 0 Å². The molecule has 1 saturated heterocycles. The summed E-state index contributed by atoms with van der Waals surface area (Å²) in [5.74, 6) is 0.480. The number of aliphatic hydroxyl groups excluding tert-OH is 1. The second-order valence-electron chi connectivity index (χ2n) is 5.14. The lowest BCUT2D eigenvalue weighted by atomic mass is 9.89. The first-order valence-electron chi connectivity index (χ1n) is 5.38. The third kappa shape index (κ3) is 2.68. The van der Waals surface area contributed by atoms with Crippen LogP contribution in [0, 0.1) is 5.92 Å². The van der Waals surface area contributed by atoms with E-state index in [0.29, 0.717) is 5.92 Å². The fourth-order valence-electron chi connectivity index (χ4n) is 2.03. The minimum atomic E-state index is -0.0661. The molecule has 2 atom stereocenters. The summed E-state index contributed by atoms with van der Waals surface area (Å²) in [5.41, 5.74) is 0.258. The monoisotopic (exact) mass is 185 g/mol.